The molecular formula is C17H17N2O5-. The molecule has 0 aromatic heterocycles. The highest BCUT2D eigenvalue weighted by molar-refractivity contribution is 5.84. The minimum Gasteiger partial charge on any atom is -0.872 e. The summed E-state index contributed by atoms with van der Waals surface area (Å²) in [6.07, 6.45) is 1.33. The molecule has 0 aliphatic rings. The number of rotatable bonds is 8. The molecule has 0 saturated carbocycles. The Kier molecular flexibility index (Phi) is 6.13. The number of benzene rings is 2. The van der Waals surface area contributed by atoms with Gasteiger partial charge in [-0.25, -0.2) is 0 Å². The molecule has 24 heavy (non-hydrogen) atoms. The van der Waals surface area contributed by atoms with Gasteiger partial charge in [-0.1, -0.05) is 11.8 Å². The lowest BCUT2D eigenvalue weighted by molar-refractivity contribution is -0.385. The van der Waals surface area contributed by atoms with E-state index in [0.717, 1.165) is 11.8 Å². The summed E-state index contributed by atoms with van der Waals surface area (Å²) in [5.41, 5.74) is 0.0481. The van der Waals surface area contributed by atoms with Gasteiger partial charge in [0, 0.05) is 18.3 Å². The molecule has 2 rings (SSSR count). The van der Waals surface area contributed by atoms with Crippen molar-refractivity contribution in [2.45, 2.75) is 6.92 Å². The minimum absolute atomic E-state index is 0.137. The largest absolute Gasteiger partial charge is 0.872 e. The van der Waals surface area contributed by atoms with Crippen LogP contribution in [0.15, 0.2) is 47.5 Å². The number of nitro benzene ring substituents is 1. The molecule has 0 saturated heterocycles. The molecule has 2 aromatic carbocycles. The zero-order valence-electron chi connectivity index (χ0n) is 13.2. The Balaban J connectivity index is 1.84. The van der Waals surface area contributed by atoms with Crippen molar-refractivity contribution in [2.24, 2.45) is 4.99 Å². The first-order valence-corrected chi connectivity index (χ1v) is 7.41. The molecular weight excluding hydrogens is 312 g/mol. The molecule has 0 unspecified atom stereocenters. The summed E-state index contributed by atoms with van der Waals surface area (Å²) in [5.74, 6) is 1.15. The summed E-state index contributed by atoms with van der Waals surface area (Å²) in [4.78, 5) is 14.2. The van der Waals surface area contributed by atoms with Crippen molar-refractivity contribution in [1.29, 1.82) is 0 Å². The van der Waals surface area contributed by atoms with Crippen molar-refractivity contribution in [3.8, 4) is 17.2 Å². The van der Waals surface area contributed by atoms with Crippen LogP contribution >= 0.6 is 0 Å². The molecule has 0 bridgehead atoms. The first-order chi connectivity index (χ1) is 11.6. The molecule has 0 atom stereocenters. The van der Waals surface area contributed by atoms with Crippen molar-refractivity contribution >= 4 is 11.9 Å². The molecule has 0 N–H and O–H groups in total. The van der Waals surface area contributed by atoms with E-state index in [2.05, 4.69) is 4.99 Å². The van der Waals surface area contributed by atoms with Gasteiger partial charge in [-0.2, -0.15) is 0 Å². The van der Waals surface area contributed by atoms with E-state index in [1.54, 1.807) is 12.1 Å². The van der Waals surface area contributed by atoms with Gasteiger partial charge in [-0.3, -0.25) is 15.1 Å². The normalized spacial score (nSPS) is 10.7. The van der Waals surface area contributed by atoms with E-state index in [-0.39, 0.29) is 17.0 Å². The average molecular weight is 329 g/mol. The summed E-state index contributed by atoms with van der Waals surface area (Å²) in [6.45, 7) is 3.17. The molecule has 0 radical (unpaired) electrons. The third-order valence-electron chi connectivity index (χ3n) is 3.06. The number of hydrogen-bond acceptors (Lipinski definition) is 6. The average Bonchev–Trinajstić information content (AvgIpc) is 2.57. The fourth-order valence-electron chi connectivity index (χ4n) is 1.93. The Morgan fingerprint density at radius 3 is 2.42 bits per heavy atom. The zero-order chi connectivity index (χ0) is 17.4. The zero-order valence-corrected chi connectivity index (χ0v) is 13.2. The number of nitrogens with zero attached hydrogens (tertiary/aromatic N) is 2. The Morgan fingerprint density at radius 2 is 1.79 bits per heavy atom. The van der Waals surface area contributed by atoms with E-state index >= 15 is 0 Å². The van der Waals surface area contributed by atoms with Crippen molar-refractivity contribution in [3.05, 3.63) is 58.1 Å². The van der Waals surface area contributed by atoms with Crippen LogP contribution < -0.4 is 14.6 Å². The highest BCUT2D eigenvalue weighted by atomic mass is 16.6. The van der Waals surface area contributed by atoms with E-state index in [1.165, 1.54) is 18.3 Å². The number of nitro groups is 1. The SMILES string of the molecule is CCOc1ccc(OCCN=Cc2cc([N+](=O)[O-])ccc2[O-])cc1. The fourth-order valence-corrected chi connectivity index (χ4v) is 1.93. The predicted molar refractivity (Wildman–Crippen MR) is 88.1 cm³/mol. The van der Waals surface area contributed by atoms with E-state index in [9.17, 15) is 15.2 Å². The van der Waals surface area contributed by atoms with Crippen LogP contribution in [-0.4, -0.2) is 30.9 Å². The molecule has 7 nitrogen and oxygen atoms in total. The van der Waals surface area contributed by atoms with Gasteiger partial charge in [0.2, 0.25) is 0 Å². The third kappa shape index (κ3) is 4.98. The fraction of sp³-hybridized carbons (Fsp3) is 0.235. The number of aliphatic imine (C=N–C) groups is 1. The first-order valence-electron chi connectivity index (χ1n) is 7.41. The summed E-state index contributed by atoms with van der Waals surface area (Å²) in [7, 11) is 0. The molecule has 126 valence electrons. The maximum absolute atomic E-state index is 11.6. The lowest BCUT2D eigenvalue weighted by Crippen LogP contribution is -2.02. The van der Waals surface area contributed by atoms with Gasteiger partial charge in [0.05, 0.1) is 18.1 Å². The number of non-ortho nitro benzene ring substituents is 1. The highest BCUT2D eigenvalue weighted by Gasteiger charge is 2.05. The molecule has 0 aliphatic heterocycles. The Labute approximate surface area is 139 Å². The lowest BCUT2D eigenvalue weighted by Gasteiger charge is -2.09. The van der Waals surface area contributed by atoms with Crippen molar-refractivity contribution in [2.75, 3.05) is 19.8 Å². The second-order valence-electron chi connectivity index (χ2n) is 4.77. The Bertz CT molecular complexity index is 713. The molecule has 0 amide bonds. The Hall–Kier alpha value is -3.09. The first kappa shape index (κ1) is 17.3. The standard InChI is InChI=1S/C17H18N2O5/c1-2-23-15-4-6-16(7-5-15)24-10-9-18-12-13-11-14(19(21)22)3-8-17(13)20/h3-8,11-12,20H,2,9-10H2,1H3/p-1. The van der Waals surface area contributed by atoms with Crippen molar-refractivity contribution in [3.63, 3.8) is 0 Å². The number of ether oxygens (including phenoxy) is 2. The van der Waals surface area contributed by atoms with E-state index < -0.39 is 4.92 Å². The van der Waals surface area contributed by atoms with Crippen molar-refractivity contribution < 1.29 is 19.5 Å². The smallest absolute Gasteiger partial charge is 0.270 e. The summed E-state index contributed by atoms with van der Waals surface area (Å²) in [5, 5.41) is 22.3. The monoisotopic (exact) mass is 329 g/mol. The van der Waals surface area contributed by atoms with Crippen LogP contribution in [0.4, 0.5) is 5.69 Å². The van der Waals surface area contributed by atoms with Gasteiger partial charge in [0.15, 0.2) is 0 Å². The Morgan fingerprint density at radius 1 is 1.12 bits per heavy atom. The molecule has 0 heterocycles. The highest BCUT2D eigenvalue weighted by Crippen LogP contribution is 2.19. The van der Waals surface area contributed by atoms with Crippen LogP contribution in [-0.2, 0) is 0 Å². The summed E-state index contributed by atoms with van der Waals surface area (Å²) in [6, 6.07) is 10.8. The van der Waals surface area contributed by atoms with E-state index in [0.29, 0.717) is 25.5 Å². The predicted octanol–water partition coefficient (Wildman–Crippen LogP) is 2.57. The van der Waals surface area contributed by atoms with Crippen LogP contribution in [0, 0.1) is 10.1 Å². The van der Waals surface area contributed by atoms with Crippen LogP contribution in [0.5, 0.6) is 17.2 Å². The summed E-state index contributed by atoms with van der Waals surface area (Å²) >= 11 is 0. The number of hydrogen-bond donors (Lipinski definition) is 0. The molecule has 0 fully saturated rings. The maximum Gasteiger partial charge on any atom is 0.270 e. The summed E-state index contributed by atoms with van der Waals surface area (Å²) < 4.78 is 10.8. The lowest BCUT2D eigenvalue weighted by atomic mass is 10.2. The minimum atomic E-state index is -0.550. The molecule has 0 aliphatic carbocycles. The van der Waals surface area contributed by atoms with E-state index in [4.69, 9.17) is 9.47 Å². The van der Waals surface area contributed by atoms with Gasteiger partial charge in [0.1, 0.15) is 18.1 Å². The maximum atomic E-state index is 11.6. The van der Waals surface area contributed by atoms with Gasteiger partial charge in [0.25, 0.3) is 5.69 Å². The quantitative estimate of drug-likeness (QED) is 0.321. The van der Waals surface area contributed by atoms with Crippen LogP contribution in [0.3, 0.4) is 0 Å². The van der Waals surface area contributed by atoms with Crippen LogP contribution in [0.2, 0.25) is 0 Å². The van der Waals surface area contributed by atoms with E-state index in [1.807, 2.05) is 19.1 Å². The van der Waals surface area contributed by atoms with Crippen LogP contribution in [0.1, 0.15) is 12.5 Å². The second-order valence-corrected chi connectivity index (χ2v) is 4.77. The second kappa shape index (κ2) is 8.52. The van der Waals surface area contributed by atoms with Gasteiger partial charge in [-0.05, 0) is 36.8 Å². The van der Waals surface area contributed by atoms with Crippen molar-refractivity contribution in [1.82, 2.24) is 0 Å². The van der Waals surface area contributed by atoms with Gasteiger partial charge in [-0.15, -0.1) is 0 Å². The molecule has 0 spiro atoms. The topological polar surface area (TPSA) is 97.0 Å². The molecule has 2 aromatic rings. The third-order valence-corrected chi connectivity index (χ3v) is 3.06. The van der Waals surface area contributed by atoms with Crippen LogP contribution in [0.25, 0.3) is 0 Å². The molecule has 7 heteroatoms. The van der Waals surface area contributed by atoms with Gasteiger partial charge >= 0.3 is 0 Å². The van der Waals surface area contributed by atoms with Gasteiger partial charge < -0.3 is 14.6 Å².